The third kappa shape index (κ3) is 4.05. The molecule has 1 aromatic rings. The number of morpholine rings is 1. The molecule has 4 saturated carbocycles. The summed E-state index contributed by atoms with van der Waals surface area (Å²) in [6.45, 7) is 6.82. The van der Waals surface area contributed by atoms with Crippen molar-refractivity contribution in [1.29, 1.82) is 0 Å². The number of fused-ring (bicyclic) bond motifs is 1. The van der Waals surface area contributed by atoms with Crippen LogP contribution in [-0.2, 0) is 24.1 Å². The number of hydrogen-bond donors (Lipinski definition) is 0. The van der Waals surface area contributed by atoms with Gasteiger partial charge in [-0.3, -0.25) is 9.48 Å². The Morgan fingerprint density at radius 1 is 1.12 bits per heavy atom. The van der Waals surface area contributed by atoms with Gasteiger partial charge in [0.25, 0.3) is 5.91 Å². The van der Waals surface area contributed by atoms with Crippen molar-refractivity contribution in [3.05, 3.63) is 17.0 Å². The van der Waals surface area contributed by atoms with E-state index in [0.717, 1.165) is 37.1 Å². The quantitative estimate of drug-likeness (QED) is 0.657. The standard InChI is InChI=1S/C27H42N4O2/c1-3-31-24-5-4-22(15-23(24)25(28-31)26(32)30-8-10-33-11-9-30)29(2)7-6-27-16-19-12-20(17-27)14-21(13-19)18-27/h19-22H,3-18H2,1-2H3. The second-order valence-corrected chi connectivity index (χ2v) is 12.0. The smallest absolute Gasteiger partial charge is 0.274 e. The number of amides is 1. The molecule has 0 aromatic carbocycles. The molecule has 7 rings (SSSR count). The molecule has 6 nitrogen and oxygen atoms in total. The molecule has 4 bridgehead atoms. The number of hydrogen-bond acceptors (Lipinski definition) is 4. The van der Waals surface area contributed by atoms with Gasteiger partial charge in [0.1, 0.15) is 0 Å². The van der Waals surface area contributed by atoms with Crippen LogP contribution in [0.5, 0.6) is 0 Å². The van der Waals surface area contributed by atoms with Crippen molar-refractivity contribution in [3.63, 3.8) is 0 Å². The first-order chi connectivity index (χ1) is 16.0. The van der Waals surface area contributed by atoms with Crippen LogP contribution in [0.4, 0.5) is 0 Å². The van der Waals surface area contributed by atoms with E-state index in [0.29, 0.717) is 43.5 Å². The maximum atomic E-state index is 13.3. The lowest BCUT2D eigenvalue weighted by Crippen LogP contribution is -2.48. The van der Waals surface area contributed by atoms with E-state index in [4.69, 9.17) is 9.84 Å². The second kappa shape index (κ2) is 8.67. The maximum Gasteiger partial charge on any atom is 0.274 e. The molecule has 6 heteroatoms. The lowest BCUT2D eigenvalue weighted by atomic mass is 9.49. The summed E-state index contributed by atoms with van der Waals surface area (Å²) in [5.74, 6) is 3.21. The van der Waals surface area contributed by atoms with Crippen LogP contribution in [-0.4, -0.2) is 71.4 Å². The van der Waals surface area contributed by atoms with Crippen LogP contribution in [0.1, 0.15) is 80.0 Å². The minimum atomic E-state index is 0.110. The van der Waals surface area contributed by atoms with Crippen LogP contribution >= 0.6 is 0 Å². The third-order valence-corrected chi connectivity index (χ3v) is 9.90. The van der Waals surface area contributed by atoms with Crippen LogP contribution in [0, 0.1) is 23.2 Å². The predicted molar refractivity (Wildman–Crippen MR) is 128 cm³/mol. The zero-order valence-corrected chi connectivity index (χ0v) is 20.7. The summed E-state index contributed by atoms with van der Waals surface area (Å²) in [4.78, 5) is 17.9. The zero-order chi connectivity index (χ0) is 22.6. The van der Waals surface area contributed by atoms with Crippen LogP contribution in [0.3, 0.4) is 0 Å². The molecule has 33 heavy (non-hydrogen) atoms. The molecular weight excluding hydrogens is 412 g/mol. The Labute approximate surface area is 199 Å². The minimum Gasteiger partial charge on any atom is -0.378 e. The fraction of sp³-hybridized carbons (Fsp3) is 0.852. The van der Waals surface area contributed by atoms with Crippen LogP contribution in [0.25, 0.3) is 0 Å². The molecule has 0 spiro atoms. The summed E-state index contributed by atoms with van der Waals surface area (Å²) in [7, 11) is 2.34. The van der Waals surface area contributed by atoms with Gasteiger partial charge in [0.15, 0.2) is 5.69 Å². The van der Waals surface area contributed by atoms with Gasteiger partial charge in [0.2, 0.25) is 0 Å². The topological polar surface area (TPSA) is 50.6 Å². The van der Waals surface area contributed by atoms with Crippen molar-refractivity contribution in [2.24, 2.45) is 23.2 Å². The molecule has 0 N–H and O–H groups in total. The number of aryl methyl sites for hydroxylation is 1. The first-order valence-electron chi connectivity index (χ1n) is 13.7. The van der Waals surface area contributed by atoms with Crippen LogP contribution in [0.2, 0.25) is 0 Å². The van der Waals surface area contributed by atoms with E-state index >= 15 is 0 Å². The van der Waals surface area contributed by atoms with Crippen molar-refractivity contribution in [3.8, 4) is 0 Å². The van der Waals surface area contributed by atoms with E-state index in [9.17, 15) is 4.79 Å². The van der Waals surface area contributed by atoms with Crippen molar-refractivity contribution in [2.45, 2.75) is 83.7 Å². The van der Waals surface area contributed by atoms with Gasteiger partial charge in [-0.25, -0.2) is 0 Å². The number of carbonyl (C=O) groups is 1. The summed E-state index contributed by atoms with van der Waals surface area (Å²) >= 11 is 0. The predicted octanol–water partition coefficient (Wildman–Crippen LogP) is 3.77. The van der Waals surface area contributed by atoms with E-state index < -0.39 is 0 Å². The van der Waals surface area contributed by atoms with Gasteiger partial charge in [0, 0.05) is 36.9 Å². The molecule has 1 unspecified atom stereocenters. The highest BCUT2D eigenvalue weighted by atomic mass is 16.5. The maximum absolute atomic E-state index is 13.3. The van der Waals surface area contributed by atoms with Gasteiger partial charge in [-0.15, -0.1) is 0 Å². The number of ether oxygens (including phenoxy) is 1. The van der Waals surface area contributed by atoms with Crippen molar-refractivity contribution in [1.82, 2.24) is 19.6 Å². The highest BCUT2D eigenvalue weighted by Crippen LogP contribution is 2.61. The summed E-state index contributed by atoms with van der Waals surface area (Å²) in [6.07, 6.45) is 13.7. The van der Waals surface area contributed by atoms with Crippen LogP contribution < -0.4 is 0 Å². The molecule has 2 heterocycles. The molecule has 182 valence electrons. The Hall–Kier alpha value is -1.40. The average Bonchev–Trinajstić information content (AvgIpc) is 3.20. The van der Waals surface area contributed by atoms with E-state index in [1.54, 1.807) is 0 Å². The molecule has 6 aliphatic rings. The molecule has 1 saturated heterocycles. The summed E-state index contributed by atoms with van der Waals surface area (Å²) < 4.78 is 7.55. The second-order valence-electron chi connectivity index (χ2n) is 12.0. The number of rotatable bonds is 6. The fourth-order valence-corrected chi connectivity index (χ4v) is 8.59. The highest BCUT2D eigenvalue weighted by molar-refractivity contribution is 5.94. The Kier molecular flexibility index (Phi) is 5.81. The van der Waals surface area contributed by atoms with Crippen molar-refractivity contribution in [2.75, 3.05) is 39.9 Å². The van der Waals surface area contributed by atoms with E-state index in [-0.39, 0.29) is 5.91 Å². The van der Waals surface area contributed by atoms with Gasteiger partial charge in [-0.2, -0.15) is 5.10 Å². The van der Waals surface area contributed by atoms with Crippen LogP contribution in [0.15, 0.2) is 0 Å². The highest BCUT2D eigenvalue weighted by Gasteiger charge is 2.50. The minimum absolute atomic E-state index is 0.110. The molecule has 0 radical (unpaired) electrons. The lowest BCUT2D eigenvalue weighted by molar-refractivity contribution is -0.0615. The SMILES string of the molecule is CCn1nc(C(=O)N2CCOCC2)c2c1CCC(N(C)CCC13CC4CC(CC(C4)C1)C3)C2. The Balaban J connectivity index is 1.14. The monoisotopic (exact) mass is 454 g/mol. The van der Waals surface area contributed by atoms with Gasteiger partial charge in [-0.1, -0.05) is 0 Å². The lowest BCUT2D eigenvalue weighted by Gasteiger charge is -2.57. The molecular formula is C27H42N4O2. The molecule has 5 fully saturated rings. The number of nitrogens with zero attached hydrogens (tertiary/aromatic N) is 4. The Bertz CT molecular complexity index is 852. The fourth-order valence-electron chi connectivity index (χ4n) is 8.59. The van der Waals surface area contributed by atoms with Crippen molar-refractivity contribution >= 4 is 5.91 Å². The first-order valence-corrected chi connectivity index (χ1v) is 13.7. The third-order valence-electron chi connectivity index (χ3n) is 9.90. The average molecular weight is 455 g/mol. The zero-order valence-electron chi connectivity index (χ0n) is 20.7. The van der Waals surface area contributed by atoms with E-state index in [2.05, 4.69) is 23.6 Å². The largest absolute Gasteiger partial charge is 0.378 e. The van der Waals surface area contributed by atoms with Gasteiger partial charge in [-0.05, 0) is 108 Å². The normalized spacial score (nSPS) is 35.3. The van der Waals surface area contributed by atoms with Crippen molar-refractivity contribution < 1.29 is 9.53 Å². The number of likely N-dealkylation sites (N-methyl/N-ethyl adjacent to an activating group) is 1. The molecule has 5 aliphatic carbocycles. The van der Waals surface area contributed by atoms with E-state index in [1.807, 2.05) is 4.90 Å². The Morgan fingerprint density at radius 3 is 2.42 bits per heavy atom. The Morgan fingerprint density at radius 2 is 1.79 bits per heavy atom. The first kappa shape index (κ1) is 22.1. The summed E-state index contributed by atoms with van der Waals surface area (Å²) in [5, 5.41) is 4.82. The number of carbonyl (C=O) groups excluding carboxylic acids is 1. The summed E-state index contributed by atoms with van der Waals surface area (Å²) in [5.41, 5.74) is 3.90. The number of aromatic nitrogens is 2. The molecule has 1 amide bonds. The summed E-state index contributed by atoms with van der Waals surface area (Å²) in [6, 6.07) is 0.525. The molecule has 1 aliphatic heterocycles. The van der Waals surface area contributed by atoms with Gasteiger partial charge >= 0.3 is 0 Å². The molecule has 1 atom stereocenters. The van der Waals surface area contributed by atoms with Gasteiger partial charge in [0.05, 0.1) is 13.2 Å². The van der Waals surface area contributed by atoms with E-state index in [1.165, 1.54) is 69.2 Å². The van der Waals surface area contributed by atoms with Gasteiger partial charge < -0.3 is 14.5 Å². The molecule has 1 aromatic heterocycles.